The van der Waals surface area contributed by atoms with Crippen LogP contribution in [0.3, 0.4) is 0 Å². The van der Waals surface area contributed by atoms with Gasteiger partial charge in [0, 0.05) is 29.5 Å². The van der Waals surface area contributed by atoms with E-state index in [1.807, 2.05) is 53.5 Å². The van der Waals surface area contributed by atoms with Gasteiger partial charge in [0.1, 0.15) is 5.82 Å². The molecule has 0 spiro atoms. The van der Waals surface area contributed by atoms with Gasteiger partial charge in [-0.3, -0.25) is 9.36 Å². The first kappa shape index (κ1) is 20.1. The lowest BCUT2D eigenvalue weighted by molar-refractivity contribution is 0.624. The Morgan fingerprint density at radius 3 is 1.77 bits per heavy atom. The molecule has 2 N–H and O–H groups in total. The third kappa shape index (κ3) is 5.43. The zero-order chi connectivity index (χ0) is 20.9. The minimum Gasteiger partial charge on any atom is -0.316 e. The van der Waals surface area contributed by atoms with Gasteiger partial charge in [0.25, 0.3) is 0 Å². The number of rotatable bonds is 6. The van der Waals surface area contributed by atoms with Gasteiger partial charge in [-0.2, -0.15) is 10.2 Å². The molecule has 9 heteroatoms. The first-order valence-electron chi connectivity index (χ1n) is 9.17. The summed E-state index contributed by atoms with van der Waals surface area (Å²) in [6, 6.07) is 17.6. The van der Waals surface area contributed by atoms with Crippen LogP contribution < -0.4 is 10.6 Å². The molecule has 4 rings (SSSR count). The summed E-state index contributed by atoms with van der Waals surface area (Å²) < 4.78 is 16.6. The molecule has 0 saturated heterocycles. The second kappa shape index (κ2) is 9.06. The molecule has 0 aliphatic heterocycles. The summed E-state index contributed by atoms with van der Waals surface area (Å²) in [5.41, 5.74) is 2.06. The maximum Gasteiger partial charge on any atom is 0.177 e. The van der Waals surface area contributed by atoms with Crippen molar-refractivity contribution in [2.45, 2.75) is 13.1 Å². The van der Waals surface area contributed by atoms with Crippen LogP contribution in [0.15, 0.2) is 73.1 Å². The Bertz CT molecular complexity index is 1050. The van der Waals surface area contributed by atoms with E-state index in [9.17, 15) is 4.39 Å². The zero-order valence-electron chi connectivity index (χ0n) is 15.8. The van der Waals surface area contributed by atoms with E-state index < -0.39 is 0 Å². The van der Waals surface area contributed by atoms with Gasteiger partial charge in [-0.25, -0.2) is 4.39 Å². The number of hydrogen-bond acceptors (Lipinski definition) is 3. The molecule has 0 aliphatic rings. The monoisotopic (exact) mass is 440 g/mol. The summed E-state index contributed by atoms with van der Waals surface area (Å²) in [6.07, 6.45) is 3.70. The maximum absolute atomic E-state index is 13.0. The molecular weight excluding hydrogens is 423 g/mol. The van der Waals surface area contributed by atoms with Crippen LogP contribution in [0.5, 0.6) is 0 Å². The lowest BCUT2D eigenvalue weighted by atomic mass is 10.2. The minimum atomic E-state index is -0.256. The van der Waals surface area contributed by atoms with E-state index in [0.29, 0.717) is 34.9 Å². The van der Waals surface area contributed by atoms with Gasteiger partial charge >= 0.3 is 0 Å². The van der Waals surface area contributed by atoms with Crippen molar-refractivity contribution < 1.29 is 4.39 Å². The predicted octanol–water partition coefficient (Wildman–Crippen LogP) is 4.78. The molecule has 2 aromatic heterocycles. The van der Waals surface area contributed by atoms with Gasteiger partial charge in [-0.15, -0.1) is 0 Å². The Balaban J connectivity index is 1.30. The Labute approximate surface area is 183 Å². The summed E-state index contributed by atoms with van der Waals surface area (Å²) in [7, 11) is 0. The van der Waals surface area contributed by atoms with Crippen LogP contribution in [0.1, 0.15) is 11.1 Å². The summed E-state index contributed by atoms with van der Waals surface area (Å²) in [6.45, 7) is 1.17. The van der Waals surface area contributed by atoms with Crippen LogP contribution in [0, 0.1) is 5.82 Å². The number of hydrogen-bond donors (Lipinski definition) is 2. The van der Waals surface area contributed by atoms with Crippen molar-refractivity contribution in [2.24, 2.45) is 0 Å². The van der Waals surface area contributed by atoms with Crippen molar-refractivity contribution in [3.05, 3.63) is 95.0 Å². The van der Waals surface area contributed by atoms with Crippen molar-refractivity contribution in [1.29, 1.82) is 0 Å². The molecule has 4 aromatic rings. The van der Waals surface area contributed by atoms with Crippen molar-refractivity contribution in [2.75, 3.05) is 10.6 Å². The molecule has 0 radical (unpaired) electrons. The second-order valence-corrected chi connectivity index (χ2v) is 7.47. The van der Waals surface area contributed by atoms with E-state index in [-0.39, 0.29) is 5.82 Å². The first-order chi connectivity index (χ1) is 14.5. The highest BCUT2D eigenvalue weighted by Crippen LogP contribution is 2.12. The number of nitrogens with one attached hydrogen (secondary N) is 2. The Morgan fingerprint density at radius 2 is 1.27 bits per heavy atom. The van der Waals surface area contributed by atoms with Gasteiger partial charge < -0.3 is 10.6 Å². The quantitative estimate of drug-likeness (QED) is 0.423. The Morgan fingerprint density at radius 1 is 0.800 bits per heavy atom. The molecule has 0 unspecified atom stereocenters. The van der Waals surface area contributed by atoms with E-state index in [0.717, 1.165) is 11.1 Å². The molecule has 6 nitrogen and oxygen atoms in total. The summed E-state index contributed by atoms with van der Waals surface area (Å²) in [4.78, 5) is 0. The smallest absolute Gasteiger partial charge is 0.177 e. The highest BCUT2D eigenvalue weighted by Gasteiger charge is 2.06. The largest absolute Gasteiger partial charge is 0.316 e. The average Bonchev–Trinajstić information content (AvgIpc) is 3.35. The van der Waals surface area contributed by atoms with Crippen LogP contribution >= 0.6 is 23.8 Å². The van der Waals surface area contributed by atoms with Gasteiger partial charge in [0.05, 0.1) is 13.1 Å². The number of halogens is 2. The molecule has 30 heavy (non-hydrogen) atoms. The topological polar surface area (TPSA) is 59.7 Å². The summed E-state index contributed by atoms with van der Waals surface area (Å²) in [5.74, 6) is 0.982. The molecule has 152 valence electrons. The van der Waals surface area contributed by atoms with E-state index in [2.05, 4.69) is 20.8 Å². The number of benzene rings is 2. The molecule has 0 amide bonds. The molecule has 0 aliphatic carbocycles. The van der Waals surface area contributed by atoms with Crippen molar-refractivity contribution in [1.82, 2.24) is 19.6 Å². The molecule has 0 atom stereocenters. The first-order valence-corrected chi connectivity index (χ1v) is 9.96. The Kier molecular flexibility index (Phi) is 6.06. The Hall–Kier alpha value is -3.23. The van der Waals surface area contributed by atoms with Crippen molar-refractivity contribution in [3.63, 3.8) is 0 Å². The van der Waals surface area contributed by atoms with Crippen LogP contribution in [0.25, 0.3) is 0 Å². The second-order valence-electron chi connectivity index (χ2n) is 6.63. The van der Waals surface area contributed by atoms with Crippen molar-refractivity contribution >= 4 is 40.6 Å². The highest BCUT2D eigenvalue weighted by atomic mass is 35.5. The SMILES string of the molecule is Fc1ccc(Cn2ccc(NC(=S)Nc3ccn(Cc4ccc(Cl)cc4)n3)n2)cc1. The minimum absolute atomic E-state index is 0.256. The van der Waals surface area contributed by atoms with Crippen molar-refractivity contribution in [3.8, 4) is 0 Å². The lowest BCUT2D eigenvalue weighted by Gasteiger charge is -2.06. The van der Waals surface area contributed by atoms with Gasteiger partial charge in [0.15, 0.2) is 16.7 Å². The van der Waals surface area contributed by atoms with Crippen LogP contribution in [-0.4, -0.2) is 24.7 Å². The molecule has 2 aromatic carbocycles. The summed E-state index contributed by atoms with van der Waals surface area (Å²) in [5, 5.41) is 16.1. The lowest BCUT2D eigenvalue weighted by Crippen LogP contribution is -2.20. The molecule has 0 bridgehead atoms. The zero-order valence-corrected chi connectivity index (χ0v) is 17.4. The van der Waals surface area contributed by atoms with Gasteiger partial charge in [0.2, 0.25) is 0 Å². The molecular formula is C21H18ClFN6S. The fourth-order valence-corrected chi connectivity index (χ4v) is 3.19. The number of anilines is 2. The fraction of sp³-hybridized carbons (Fsp3) is 0.0952. The third-order valence-electron chi connectivity index (χ3n) is 4.28. The summed E-state index contributed by atoms with van der Waals surface area (Å²) >= 11 is 11.3. The third-order valence-corrected chi connectivity index (χ3v) is 4.74. The predicted molar refractivity (Wildman–Crippen MR) is 120 cm³/mol. The number of thiocarbonyl (C=S) groups is 1. The van der Waals surface area contributed by atoms with E-state index in [4.69, 9.17) is 23.8 Å². The standard InChI is InChI=1S/C21H18ClFN6S/c22-17-5-1-15(2-6-17)13-28-11-9-19(26-28)24-21(30)25-20-10-12-29(27-20)14-16-3-7-18(23)8-4-16/h1-12H,13-14H2,(H2,24,25,26,27,30). The number of nitrogens with zero attached hydrogens (tertiary/aromatic N) is 4. The van der Waals surface area contributed by atoms with Gasteiger partial charge in [-0.05, 0) is 47.6 Å². The maximum atomic E-state index is 13.0. The highest BCUT2D eigenvalue weighted by molar-refractivity contribution is 7.80. The van der Waals surface area contributed by atoms with E-state index in [1.54, 1.807) is 16.8 Å². The average molecular weight is 441 g/mol. The van der Waals surface area contributed by atoms with Crippen LogP contribution in [0.4, 0.5) is 16.0 Å². The normalized spacial score (nSPS) is 10.7. The molecule has 0 saturated carbocycles. The van der Waals surface area contributed by atoms with Crippen LogP contribution in [0.2, 0.25) is 5.02 Å². The van der Waals surface area contributed by atoms with Crippen LogP contribution in [-0.2, 0) is 13.1 Å². The molecule has 2 heterocycles. The molecule has 0 fully saturated rings. The van der Waals surface area contributed by atoms with Gasteiger partial charge in [-0.1, -0.05) is 35.9 Å². The fourth-order valence-electron chi connectivity index (χ4n) is 2.85. The number of aromatic nitrogens is 4. The van der Waals surface area contributed by atoms with E-state index in [1.165, 1.54) is 12.1 Å². The van der Waals surface area contributed by atoms with E-state index >= 15 is 0 Å².